The molecule has 0 spiro atoms. The van der Waals surface area contributed by atoms with Crippen molar-refractivity contribution in [1.29, 1.82) is 0 Å². The van der Waals surface area contributed by atoms with Crippen molar-refractivity contribution in [2.75, 3.05) is 6.61 Å². The lowest BCUT2D eigenvalue weighted by Crippen LogP contribution is -2.15. The first kappa shape index (κ1) is 17.9. The molecule has 0 aliphatic rings. The van der Waals surface area contributed by atoms with Gasteiger partial charge in [0.2, 0.25) is 0 Å². The average Bonchev–Trinajstić information content (AvgIpc) is 2.93. The van der Waals surface area contributed by atoms with E-state index in [1.54, 1.807) is 4.68 Å². The molecular weight excluding hydrogens is 324 g/mol. The van der Waals surface area contributed by atoms with Gasteiger partial charge in [-0.3, -0.25) is 9.48 Å². The third-order valence-electron chi connectivity index (χ3n) is 4.42. The van der Waals surface area contributed by atoms with Crippen molar-refractivity contribution in [1.82, 2.24) is 9.78 Å². The Morgan fingerprint density at radius 3 is 2.00 bits per heavy atom. The summed E-state index contributed by atoms with van der Waals surface area (Å²) in [5, 5.41) is 4.75. The van der Waals surface area contributed by atoms with Gasteiger partial charge in [0.15, 0.2) is 0 Å². The summed E-state index contributed by atoms with van der Waals surface area (Å²) in [7, 11) is 0. The molecule has 26 heavy (non-hydrogen) atoms. The van der Waals surface area contributed by atoms with Gasteiger partial charge in [-0.05, 0) is 27.7 Å². The lowest BCUT2D eigenvalue weighted by atomic mass is 10.0. The SMILES string of the molecule is CCOC(=O)Cn1nc(-c2ccc(C)cc2)c(C)c1-c1ccc(C)cc1. The minimum absolute atomic E-state index is 0.101. The van der Waals surface area contributed by atoms with Crippen molar-refractivity contribution >= 4 is 5.97 Å². The maximum absolute atomic E-state index is 12.1. The second-order valence-electron chi connectivity index (χ2n) is 6.52. The second kappa shape index (κ2) is 7.56. The highest BCUT2D eigenvalue weighted by Crippen LogP contribution is 2.32. The number of rotatable bonds is 5. The van der Waals surface area contributed by atoms with Crippen LogP contribution in [0.3, 0.4) is 0 Å². The number of hydrogen-bond acceptors (Lipinski definition) is 3. The maximum atomic E-state index is 12.1. The number of esters is 1. The Labute approximate surface area is 154 Å². The van der Waals surface area contributed by atoms with Crippen LogP contribution >= 0.6 is 0 Å². The smallest absolute Gasteiger partial charge is 0.327 e. The summed E-state index contributed by atoms with van der Waals surface area (Å²) in [5.41, 5.74) is 7.39. The van der Waals surface area contributed by atoms with E-state index in [0.717, 1.165) is 28.1 Å². The Bertz CT molecular complexity index is 907. The third-order valence-corrected chi connectivity index (χ3v) is 4.42. The van der Waals surface area contributed by atoms with Crippen LogP contribution in [0.15, 0.2) is 48.5 Å². The molecule has 0 unspecified atom stereocenters. The van der Waals surface area contributed by atoms with Gasteiger partial charge >= 0.3 is 5.97 Å². The summed E-state index contributed by atoms with van der Waals surface area (Å²) in [6.07, 6.45) is 0. The van der Waals surface area contributed by atoms with E-state index in [2.05, 4.69) is 69.3 Å². The zero-order valence-corrected chi connectivity index (χ0v) is 15.7. The number of benzene rings is 2. The molecule has 4 nitrogen and oxygen atoms in total. The molecule has 3 aromatic rings. The molecule has 134 valence electrons. The van der Waals surface area contributed by atoms with E-state index in [4.69, 9.17) is 9.84 Å². The molecular formula is C22H24N2O2. The van der Waals surface area contributed by atoms with E-state index in [-0.39, 0.29) is 12.5 Å². The highest BCUT2D eigenvalue weighted by atomic mass is 16.5. The van der Waals surface area contributed by atoms with Gasteiger partial charge in [-0.15, -0.1) is 0 Å². The molecule has 0 aliphatic carbocycles. The van der Waals surface area contributed by atoms with Gasteiger partial charge in [-0.25, -0.2) is 0 Å². The fourth-order valence-corrected chi connectivity index (χ4v) is 3.06. The van der Waals surface area contributed by atoms with Gasteiger partial charge in [0.25, 0.3) is 0 Å². The fraction of sp³-hybridized carbons (Fsp3) is 0.273. The van der Waals surface area contributed by atoms with Crippen LogP contribution in [0.2, 0.25) is 0 Å². The van der Waals surface area contributed by atoms with Gasteiger partial charge in [0.05, 0.1) is 18.0 Å². The summed E-state index contributed by atoms with van der Waals surface area (Å²) in [6, 6.07) is 16.6. The van der Waals surface area contributed by atoms with Crippen LogP contribution < -0.4 is 0 Å². The molecule has 2 aromatic carbocycles. The van der Waals surface area contributed by atoms with Crippen molar-refractivity contribution in [2.24, 2.45) is 0 Å². The zero-order valence-electron chi connectivity index (χ0n) is 15.7. The average molecular weight is 348 g/mol. The van der Waals surface area contributed by atoms with Crippen molar-refractivity contribution < 1.29 is 9.53 Å². The molecule has 0 amide bonds. The van der Waals surface area contributed by atoms with Gasteiger partial charge in [-0.2, -0.15) is 5.10 Å². The zero-order chi connectivity index (χ0) is 18.7. The Hall–Kier alpha value is -2.88. The van der Waals surface area contributed by atoms with Gasteiger partial charge < -0.3 is 4.74 Å². The van der Waals surface area contributed by atoms with E-state index in [0.29, 0.717) is 6.61 Å². The van der Waals surface area contributed by atoms with Crippen LogP contribution in [0.1, 0.15) is 23.6 Å². The molecule has 0 saturated heterocycles. The molecule has 3 rings (SSSR count). The van der Waals surface area contributed by atoms with E-state index in [9.17, 15) is 4.79 Å². The molecule has 0 N–H and O–H groups in total. The Morgan fingerprint density at radius 1 is 0.923 bits per heavy atom. The van der Waals surface area contributed by atoms with Crippen LogP contribution in [0.25, 0.3) is 22.5 Å². The van der Waals surface area contributed by atoms with E-state index >= 15 is 0 Å². The molecule has 0 aliphatic heterocycles. The Morgan fingerprint density at radius 2 is 1.46 bits per heavy atom. The minimum atomic E-state index is -0.279. The van der Waals surface area contributed by atoms with E-state index in [1.807, 2.05) is 6.92 Å². The van der Waals surface area contributed by atoms with Crippen molar-refractivity contribution in [2.45, 2.75) is 34.2 Å². The fourth-order valence-electron chi connectivity index (χ4n) is 3.06. The molecule has 1 heterocycles. The van der Waals surface area contributed by atoms with Crippen LogP contribution in [0.5, 0.6) is 0 Å². The molecule has 4 heteroatoms. The Kier molecular flexibility index (Phi) is 5.21. The van der Waals surface area contributed by atoms with Crippen LogP contribution in [-0.4, -0.2) is 22.4 Å². The van der Waals surface area contributed by atoms with Crippen molar-refractivity contribution in [3.63, 3.8) is 0 Å². The summed E-state index contributed by atoms with van der Waals surface area (Å²) >= 11 is 0. The van der Waals surface area contributed by atoms with E-state index < -0.39 is 0 Å². The first-order valence-corrected chi connectivity index (χ1v) is 8.86. The lowest BCUT2D eigenvalue weighted by molar-refractivity contribution is -0.144. The molecule has 1 aromatic heterocycles. The van der Waals surface area contributed by atoms with Crippen molar-refractivity contribution in [3.05, 3.63) is 65.2 Å². The number of carbonyl (C=O) groups excluding carboxylic acids is 1. The number of aryl methyl sites for hydroxylation is 2. The van der Waals surface area contributed by atoms with Gasteiger partial charge in [0, 0.05) is 16.7 Å². The molecule has 0 fully saturated rings. The number of carbonyl (C=O) groups is 1. The lowest BCUT2D eigenvalue weighted by Gasteiger charge is -2.08. The number of nitrogens with zero attached hydrogens (tertiary/aromatic N) is 2. The van der Waals surface area contributed by atoms with Gasteiger partial charge in [-0.1, -0.05) is 59.7 Å². The van der Waals surface area contributed by atoms with E-state index in [1.165, 1.54) is 11.1 Å². The number of hydrogen-bond donors (Lipinski definition) is 0. The maximum Gasteiger partial charge on any atom is 0.327 e. The van der Waals surface area contributed by atoms with Crippen LogP contribution in [0, 0.1) is 20.8 Å². The monoisotopic (exact) mass is 348 g/mol. The normalized spacial score (nSPS) is 10.8. The largest absolute Gasteiger partial charge is 0.465 e. The minimum Gasteiger partial charge on any atom is -0.465 e. The molecule has 0 radical (unpaired) electrons. The first-order valence-electron chi connectivity index (χ1n) is 8.86. The number of aromatic nitrogens is 2. The third kappa shape index (κ3) is 3.69. The summed E-state index contributed by atoms with van der Waals surface area (Å²) < 4.78 is 6.88. The first-order chi connectivity index (χ1) is 12.5. The molecule has 0 bridgehead atoms. The Balaban J connectivity index is 2.11. The second-order valence-corrected chi connectivity index (χ2v) is 6.52. The predicted molar refractivity (Wildman–Crippen MR) is 104 cm³/mol. The summed E-state index contributed by atoms with van der Waals surface area (Å²) in [5.74, 6) is -0.279. The number of ether oxygens (including phenoxy) is 1. The van der Waals surface area contributed by atoms with Crippen molar-refractivity contribution in [3.8, 4) is 22.5 Å². The molecule has 0 atom stereocenters. The highest BCUT2D eigenvalue weighted by molar-refractivity contribution is 5.76. The molecule has 0 saturated carbocycles. The summed E-state index contributed by atoms with van der Waals surface area (Å²) in [6.45, 7) is 8.45. The highest BCUT2D eigenvalue weighted by Gasteiger charge is 2.19. The topological polar surface area (TPSA) is 44.1 Å². The van der Waals surface area contributed by atoms with Crippen LogP contribution in [0.4, 0.5) is 0 Å². The standard InChI is InChI=1S/C22H24N2O2/c1-5-26-20(25)14-24-22(19-12-8-16(3)9-13-19)17(4)21(23-24)18-10-6-15(2)7-11-18/h6-13H,5,14H2,1-4H3. The predicted octanol–water partition coefficient (Wildman–Crippen LogP) is 4.71. The van der Waals surface area contributed by atoms with Gasteiger partial charge in [0.1, 0.15) is 6.54 Å². The van der Waals surface area contributed by atoms with Crippen LogP contribution in [-0.2, 0) is 16.1 Å². The quantitative estimate of drug-likeness (QED) is 0.628. The summed E-state index contributed by atoms with van der Waals surface area (Å²) in [4.78, 5) is 12.1.